The number of nitrogens with zero attached hydrogens (tertiary/aromatic N) is 1. The molecule has 0 spiro atoms. The smallest absolute Gasteiger partial charge is 0.251 e. The van der Waals surface area contributed by atoms with Gasteiger partial charge in [-0.2, -0.15) is 0 Å². The summed E-state index contributed by atoms with van der Waals surface area (Å²) in [6, 6.07) is 7.16. The first kappa shape index (κ1) is 19.5. The predicted molar refractivity (Wildman–Crippen MR) is 115 cm³/mol. The molecule has 0 radical (unpaired) electrons. The van der Waals surface area contributed by atoms with Crippen molar-refractivity contribution in [1.29, 1.82) is 0 Å². The molecule has 2 heterocycles. The lowest BCUT2D eigenvalue weighted by Crippen LogP contribution is -2.24. The van der Waals surface area contributed by atoms with E-state index in [0.29, 0.717) is 12.1 Å². The Labute approximate surface area is 170 Å². The summed E-state index contributed by atoms with van der Waals surface area (Å²) in [5.41, 5.74) is 2.93. The van der Waals surface area contributed by atoms with E-state index in [1.807, 2.05) is 12.1 Å². The average molecular weight is 420 g/mol. The third-order valence-corrected chi connectivity index (χ3v) is 8.47. The first-order valence-corrected chi connectivity index (χ1v) is 12.5. The lowest BCUT2D eigenvalue weighted by molar-refractivity contribution is 0.0954. The topological polar surface area (TPSA) is 87.6 Å². The Bertz CT molecular complexity index is 907. The molecule has 150 valence electrons. The van der Waals surface area contributed by atoms with Crippen molar-refractivity contribution < 1.29 is 13.2 Å². The van der Waals surface area contributed by atoms with Gasteiger partial charge in [0.15, 0.2) is 15.0 Å². The maximum absolute atomic E-state index is 12.3. The molecule has 6 nitrogen and oxygen atoms in total. The van der Waals surface area contributed by atoms with Gasteiger partial charge in [0.1, 0.15) is 0 Å². The molecular weight excluding hydrogens is 394 g/mol. The zero-order valence-corrected chi connectivity index (χ0v) is 17.3. The number of aliphatic imine (C=N–C) groups is 1. The van der Waals surface area contributed by atoms with Crippen molar-refractivity contribution in [3.63, 3.8) is 0 Å². The summed E-state index contributed by atoms with van der Waals surface area (Å²) in [6.07, 6.45) is 8.10. The van der Waals surface area contributed by atoms with Crippen LogP contribution in [0.2, 0.25) is 0 Å². The van der Waals surface area contributed by atoms with Gasteiger partial charge in [0.25, 0.3) is 5.91 Å². The van der Waals surface area contributed by atoms with Gasteiger partial charge in [0.2, 0.25) is 0 Å². The molecule has 1 aromatic carbocycles. The van der Waals surface area contributed by atoms with E-state index in [-0.39, 0.29) is 28.7 Å². The fourth-order valence-electron chi connectivity index (χ4n) is 3.81. The number of fused-ring (bicyclic) bond motifs is 1. The third kappa shape index (κ3) is 4.78. The fraction of sp³-hybridized carbons (Fsp3) is 0.500. The molecule has 1 saturated heterocycles. The summed E-state index contributed by atoms with van der Waals surface area (Å²) in [6.45, 7) is 0.670. The zero-order valence-electron chi connectivity index (χ0n) is 15.7. The first-order chi connectivity index (χ1) is 13.5. The van der Waals surface area contributed by atoms with Crippen LogP contribution in [0, 0.1) is 0 Å². The van der Waals surface area contributed by atoms with Gasteiger partial charge in [0, 0.05) is 23.0 Å². The summed E-state index contributed by atoms with van der Waals surface area (Å²) < 4.78 is 23.3. The van der Waals surface area contributed by atoms with Gasteiger partial charge in [0.05, 0.1) is 17.5 Å². The van der Waals surface area contributed by atoms with Gasteiger partial charge in [-0.3, -0.25) is 9.79 Å². The average Bonchev–Trinajstić information content (AvgIpc) is 3.15. The van der Waals surface area contributed by atoms with Gasteiger partial charge in [-0.25, -0.2) is 8.42 Å². The molecule has 3 aliphatic rings. The number of benzene rings is 1. The molecule has 1 aromatic rings. The van der Waals surface area contributed by atoms with Gasteiger partial charge in [-0.15, -0.1) is 0 Å². The minimum absolute atomic E-state index is 0.0248. The van der Waals surface area contributed by atoms with E-state index in [0.717, 1.165) is 23.7 Å². The highest BCUT2D eigenvalue weighted by Gasteiger charge is 2.42. The lowest BCUT2D eigenvalue weighted by Gasteiger charge is -2.13. The number of carbonyl (C=O) groups excluding carboxylic acids is 1. The number of sulfone groups is 1. The van der Waals surface area contributed by atoms with Crippen LogP contribution in [0.5, 0.6) is 0 Å². The lowest BCUT2D eigenvalue weighted by atomic mass is 9.97. The molecule has 2 N–H and O–H groups in total. The maximum atomic E-state index is 12.3. The van der Waals surface area contributed by atoms with Gasteiger partial charge < -0.3 is 10.6 Å². The van der Waals surface area contributed by atoms with E-state index in [9.17, 15) is 13.2 Å². The summed E-state index contributed by atoms with van der Waals surface area (Å²) >= 11 is 1.49. The van der Waals surface area contributed by atoms with Crippen LogP contribution in [-0.4, -0.2) is 48.8 Å². The highest BCUT2D eigenvalue weighted by Crippen LogP contribution is 2.34. The van der Waals surface area contributed by atoms with Crippen molar-refractivity contribution >= 4 is 38.4 Å². The molecule has 1 amide bonds. The minimum atomic E-state index is -2.94. The Kier molecular flexibility index (Phi) is 5.78. The van der Waals surface area contributed by atoms with E-state index >= 15 is 0 Å². The summed E-state index contributed by atoms with van der Waals surface area (Å²) in [5, 5.41) is 6.99. The number of carbonyl (C=O) groups is 1. The van der Waals surface area contributed by atoms with E-state index in [2.05, 4.69) is 21.7 Å². The van der Waals surface area contributed by atoms with Crippen molar-refractivity contribution in [1.82, 2.24) is 5.32 Å². The number of amidine groups is 1. The number of rotatable bonds is 5. The molecule has 1 fully saturated rings. The van der Waals surface area contributed by atoms with Crippen LogP contribution in [0.4, 0.5) is 5.69 Å². The molecule has 28 heavy (non-hydrogen) atoms. The van der Waals surface area contributed by atoms with Crippen LogP contribution in [0.1, 0.15) is 42.5 Å². The van der Waals surface area contributed by atoms with Gasteiger partial charge in [-0.05, 0) is 56.4 Å². The van der Waals surface area contributed by atoms with Crippen LogP contribution < -0.4 is 10.6 Å². The Morgan fingerprint density at radius 3 is 2.71 bits per heavy atom. The molecule has 0 aromatic heterocycles. The Morgan fingerprint density at radius 1 is 1.18 bits per heavy atom. The molecule has 4 rings (SSSR count). The van der Waals surface area contributed by atoms with Crippen LogP contribution in [0.15, 0.2) is 40.9 Å². The Hall–Kier alpha value is -1.80. The second kappa shape index (κ2) is 8.29. The molecule has 0 bridgehead atoms. The number of allylic oxidation sites excluding steroid dienone is 1. The van der Waals surface area contributed by atoms with Crippen molar-refractivity contribution in [2.24, 2.45) is 4.99 Å². The molecule has 0 saturated carbocycles. The molecular formula is C20H25N3O3S2. The summed E-state index contributed by atoms with van der Waals surface area (Å²) in [4.78, 5) is 16.8. The predicted octanol–water partition coefficient (Wildman–Crippen LogP) is 2.99. The van der Waals surface area contributed by atoms with E-state index < -0.39 is 9.84 Å². The summed E-state index contributed by atoms with van der Waals surface area (Å²) in [7, 11) is -2.94. The molecule has 8 heteroatoms. The molecule has 0 unspecified atom stereocenters. The van der Waals surface area contributed by atoms with Gasteiger partial charge in [-0.1, -0.05) is 23.4 Å². The van der Waals surface area contributed by atoms with Crippen LogP contribution in [-0.2, 0) is 9.84 Å². The van der Waals surface area contributed by atoms with Gasteiger partial charge >= 0.3 is 0 Å². The van der Waals surface area contributed by atoms with Crippen molar-refractivity contribution in [3.05, 3.63) is 41.5 Å². The van der Waals surface area contributed by atoms with Crippen LogP contribution >= 0.6 is 11.8 Å². The second-order valence-corrected chi connectivity index (χ2v) is 10.9. The Balaban J connectivity index is 1.27. The minimum Gasteiger partial charge on any atom is -0.352 e. The number of hydrogen-bond donors (Lipinski definition) is 2. The van der Waals surface area contributed by atoms with Crippen LogP contribution in [0.3, 0.4) is 0 Å². The Morgan fingerprint density at radius 2 is 2.00 bits per heavy atom. The van der Waals surface area contributed by atoms with E-state index in [1.165, 1.54) is 36.6 Å². The number of thioether (sulfide) groups is 1. The SMILES string of the molecule is O=C(NCCC1=CCCCC1)c1ccc(NC2=N[C@@H]3CS(=O)(=O)C[C@H]3S2)cc1. The zero-order chi connectivity index (χ0) is 19.6. The molecule has 2 aliphatic heterocycles. The normalized spacial score (nSPS) is 25.6. The van der Waals surface area contributed by atoms with Crippen molar-refractivity contribution in [2.75, 3.05) is 23.4 Å². The van der Waals surface area contributed by atoms with Crippen molar-refractivity contribution in [3.8, 4) is 0 Å². The second-order valence-electron chi connectivity index (χ2n) is 7.55. The number of amides is 1. The van der Waals surface area contributed by atoms with Crippen molar-refractivity contribution in [2.45, 2.75) is 43.4 Å². The number of nitrogens with one attached hydrogen (secondary N) is 2. The highest BCUT2D eigenvalue weighted by molar-refractivity contribution is 8.15. The number of anilines is 1. The number of hydrogen-bond acceptors (Lipinski definition) is 6. The molecule has 1 aliphatic carbocycles. The quantitative estimate of drug-likeness (QED) is 0.717. The molecule has 2 atom stereocenters. The standard InChI is InChI=1S/C20H25N3O3S2/c24-19(21-11-10-14-4-2-1-3-5-14)15-6-8-16(9-7-15)22-20-23-17-12-28(25,26)13-18(17)27-20/h4,6-9,17-18H,1-3,5,10-13H2,(H,21,24)(H,22,23)/t17-,18-/m1/s1. The monoisotopic (exact) mass is 419 g/mol. The first-order valence-electron chi connectivity index (χ1n) is 9.77. The fourth-order valence-corrected chi connectivity index (χ4v) is 7.49. The maximum Gasteiger partial charge on any atom is 0.251 e. The third-order valence-electron chi connectivity index (χ3n) is 5.33. The van der Waals surface area contributed by atoms with Crippen LogP contribution in [0.25, 0.3) is 0 Å². The largest absolute Gasteiger partial charge is 0.352 e. The van der Waals surface area contributed by atoms with E-state index in [1.54, 1.807) is 12.1 Å². The van der Waals surface area contributed by atoms with E-state index in [4.69, 9.17) is 0 Å². The summed E-state index contributed by atoms with van der Waals surface area (Å²) in [5.74, 6) is 0.286. The highest BCUT2D eigenvalue weighted by atomic mass is 32.2.